The van der Waals surface area contributed by atoms with E-state index < -0.39 is 0 Å². The van der Waals surface area contributed by atoms with Crippen molar-refractivity contribution in [2.75, 3.05) is 39.2 Å². The van der Waals surface area contributed by atoms with Crippen molar-refractivity contribution in [1.82, 2.24) is 9.96 Å². The van der Waals surface area contributed by atoms with Gasteiger partial charge in [-0.05, 0) is 55.9 Å². The molecule has 0 bridgehead atoms. The molecule has 0 spiro atoms. The van der Waals surface area contributed by atoms with Crippen molar-refractivity contribution in [2.24, 2.45) is 5.92 Å². The second kappa shape index (κ2) is 9.19. The van der Waals surface area contributed by atoms with Crippen LogP contribution in [0.4, 0.5) is 5.69 Å². The average molecular weight is 375 g/mol. The van der Waals surface area contributed by atoms with Crippen LogP contribution in [-0.4, -0.2) is 61.7 Å². The van der Waals surface area contributed by atoms with E-state index in [1.165, 1.54) is 0 Å². The summed E-state index contributed by atoms with van der Waals surface area (Å²) in [6.45, 7) is 2.38. The Bertz CT molecular complexity index is 641. The minimum atomic E-state index is -0.376. The van der Waals surface area contributed by atoms with Crippen LogP contribution >= 0.6 is 0 Å². The zero-order valence-electron chi connectivity index (χ0n) is 16.1. The van der Waals surface area contributed by atoms with Gasteiger partial charge in [0.25, 0.3) is 0 Å². The number of hydrogen-bond donors (Lipinski definition) is 1. The number of methoxy groups -OCH3 is 1. The average Bonchev–Trinajstić information content (AvgIpc) is 3.19. The Hall–Kier alpha value is -2.12. The van der Waals surface area contributed by atoms with Gasteiger partial charge in [-0.1, -0.05) is 0 Å². The number of nitrogens with zero attached hydrogens (tertiary/aromatic N) is 2. The largest absolute Gasteiger partial charge is 0.497 e. The van der Waals surface area contributed by atoms with Crippen LogP contribution < -0.4 is 10.1 Å². The molecule has 148 valence electrons. The summed E-state index contributed by atoms with van der Waals surface area (Å²) in [5.74, 6) is 1.10. The fourth-order valence-corrected chi connectivity index (χ4v) is 3.90. The highest BCUT2D eigenvalue weighted by molar-refractivity contribution is 5.97. The number of ether oxygens (including phenoxy) is 1. The molecular weight excluding hydrogens is 346 g/mol. The zero-order chi connectivity index (χ0) is 19.2. The molecule has 0 radical (unpaired) electrons. The third kappa shape index (κ3) is 4.99. The van der Waals surface area contributed by atoms with E-state index in [4.69, 9.17) is 9.57 Å². The lowest BCUT2D eigenvalue weighted by Crippen LogP contribution is -2.44. The monoisotopic (exact) mass is 375 g/mol. The summed E-state index contributed by atoms with van der Waals surface area (Å²) in [7, 11) is 3.29. The number of piperidine rings is 1. The summed E-state index contributed by atoms with van der Waals surface area (Å²) < 4.78 is 5.13. The van der Waals surface area contributed by atoms with Gasteiger partial charge in [0.05, 0.1) is 14.2 Å². The first-order valence-electron chi connectivity index (χ1n) is 9.64. The van der Waals surface area contributed by atoms with Crippen molar-refractivity contribution in [1.29, 1.82) is 0 Å². The van der Waals surface area contributed by atoms with E-state index in [9.17, 15) is 9.59 Å². The first kappa shape index (κ1) is 19.6. The molecule has 3 rings (SSSR count). The Morgan fingerprint density at radius 3 is 2.41 bits per heavy atom. The molecule has 2 aliphatic rings. The summed E-state index contributed by atoms with van der Waals surface area (Å²) in [5, 5.41) is 4.86. The summed E-state index contributed by atoms with van der Waals surface area (Å²) in [6.07, 6.45) is 4.01. The number of hydroxylamine groups is 2. The van der Waals surface area contributed by atoms with E-state index >= 15 is 0 Å². The van der Waals surface area contributed by atoms with Crippen molar-refractivity contribution >= 4 is 17.5 Å². The summed E-state index contributed by atoms with van der Waals surface area (Å²) in [6, 6.07) is 6.85. The van der Waals surface area contributed by atoms with E-state index in [0.29, 0.717) is 24.6 Å². The van der Waals surface area contributed by atoms with Gasteiger partial charge < -0.3 is 19.8 Å². The predicted molar refractivity (Wildman–Crippen MR) is 102 cm³/mol. The lowest BCUT2D eigenvalue weighted by molar-refractivity contribution is -0.152. The third-order valence-corrected chi connectivity index (χ3v) is 5.53. The number of rotatable bonds is 6. The van der Waals surface area contributed by atoms with Crippen LogP contribution in [0.5, 0.6) is 5.75 Å². The molecule has 0 saturated carbocycles. The minimum Gasteiger partial charge on any atom is -0.497 e. The van der Waals surface area contributed by atoms with E-state index in [1.54, 1.807) is 43.4 Å². The maximum absolute atomic E-state index is 12.8. The number of nitrogens with one attached hydrogen (secondary N) is 1. The van der Waals surface area contributed by atoms with Crippen LogP contribution in [-0.2, 0) is 14.4 Å². The number of benzene rings is 1. The summed E-state index contributed by atoms with van der Waals surface area (Å²) in [5.41, 5.74) is 0.715. The Morgan fingerprint density at radius 1 is 1.07 bits per heavy atom. The van der Waals surface area contributed by atoms with Gasteiger partial charge in [0.15, 0.2) is 0 Å². The lowest BCUT2D eigenvalue weighted by Gasteiger charge is -2.31. The quantitative estimate of drug-likeness (QED) is 0.826. The Labute approximate surface area is 160 Å². The number of anilines is 1. The fraction of sp³-hybridized carbons (Fsp3) is 0.600. The molecular formula is C20H29N3O4. The number of carbonyl (C=O) groups is 2. The maximum atomic E-state index is 12.8. The molecule has 1 aromatic rings. The minimum absolute atomic E-state index is 0.0956. The Kier molecular flexibility index (Phi) is 6.68. The first-order chi connectivity index (χ1) is 13.1. The number of carbonyl (C=O) groups excluding carboxylic acids is 2. The van der Waals surface area contributed by atoms with Crippen LogP contribution in [0, 0.1) is 5.92 Å². The van der Waals surface area contributed by atoms with Crippen LogP contribution in [0.15, 0.2) is 24.3 Å². The van der Waals surface area contributed by atoms with E-state index in [-0.39, 0.29) is 17.9 Å². The summed E-state index contributed by atoms with van der Waals surface area (Å²) >= 11 is 0. The molecule has 2 aliphatic heterocycles. The molecule has 7 nitrogen and oxygen atoms in total. The maximum Gasteiger partial charge on any atom is 0.247 e. The highest BCUT2D eigenvalue weighted by Gasteiger charge is 2.35. The molecule has 0 aromatic heterocycles. The van der Waals surface area contributed by atoms with Gasteiger partial charge in [-0.25, -0.2) is 0 Å². The molecule has 2 fully saturated rings. The predicted octanol–water partition coefficient (Wildman–Crippen LogP) is 2.29. The van der Waals surface area contributed by atoms with Crippen molar-refractivity contribution in [3.05, 3.63) is 24.3 Å². The summed E-state index contributed by atoms with van der Waals surface area (Å²) in [4.78, 5) is 32.5. The van der Waals surface area contributed by atoms with E-state index in [0.717, 1.165) is 44.5 Å². The topological polar surface area (TPSA) is 71.1 Å². The van der Waals surface area contributed by atoms with E-state index in [1.807, 2.05) is 5.06 Å². The van der Waals surface area contributed by atoms with Gasteiger partial charge in [0.2, 0.25) is 11.8 Å². The molecule has 0 aliphatic carbocycles. The number of amides is 2. The normalized spacial score (nSPS) is 21.3. The van der Waals surface area contributed by atoms with Crippen LogP contribution in [0.1, 0.15) is 32.1 Å². The second-order valence-electron chi connectivity index (χ2n) is 7.22. The molecule has 2 amide bonds. The van der Waals surface area contributed by atoms with E-state index in [2.05, 4.69) is 5.32 Å². The molecule has 2 saturated heterocycles. The Morgan fingerprint density at radius 2 is 1.78 bits per heavy atom. The van der Waals surface area contributed by atoms with Crippen LogP contribution in [0.25, 0.3) is 0 Å². The first-order valence-corrected chi connectivity index (χ1v) is 9.64. The standard InChI is InChI=1S/C20H29N3O4/c1-26-17-7-5-16(6-8-17)21-20(25)18-4-3-11-23(18)19(24)14-15-9-12-22(27-2)13-10-15/h5-8,15,18H,3-4,9-14H2,1-2H3,(H,21,25). The SMILES string of the molecule is COc1ccc(NC(=O)C2CCCN2C(=O)CC2CCN(OC)CC2)cc1. The molecule has 7 heteroatoms. The highest BCUT2D eigenvalue weighted by atomic mass is 16.7. The van der Waals surface area contributed by atoms with Crippen molar-refractivity contribution in [2.45, 2.75) is 38.1 Å². The van der Waals surface area contributed by atoms with Crippen LogP contribution in [0.2, 0.25) is 0 Å². The van der Waals surface area contributed by atoms with Crippen molar-refractivity contribution < 1.29 is 19.2 Å². The fourth-order valence-electron chi connectivity index (χ4n) is 3.90. The van der Waals surface area contributed by atoms with Gasteiger partial charge in [-0.2, -0.15) is 5.06 Å². The van der Waals surface area contributed by atoms with Crippen molar-refractivity contribution in [3.8, 4) is 5.75 Å². The van der Waals surface area contributed by atoms with Gasteiger partial charge in [0.1, 0.15) is 11.8 Å². The smallest absolute Gasteiger partial charge is 0.247 e. The van der Waals surface area contributed by atoms with Gasteiger partial charge in [-0.3, -0.25) is 9.59 Å². The lowest BCUT2D eigenvalue weighted by atomic mass is 9.93. The zero-order valence-corrected chi connectivity index (χ0v) is 16.1. The highest BCUT2D eigenvalue weighted by Crippen LogP contribution is 2.26. The third-order valence-electron chi connectivity index (χ3n) is 5.53. The molecule has 1 N–H and O–H groups in total. The Balaban J connectivity index is 1.54. The second-order valence-corrected chi connectivity index (χ2v) is 7.22. The molecule has 2 heterocycles. The van der Waals surface area contributed by atoms with Gasteiger partial charge in [0, 0.05) is 31.7 Å². The van der Waals surface area contributed by atoms with Crippen molar-refractivity contribution in [3.63, 3.8) is 0 Å². The molecule has 1 aromatic carbocycles. The van der Waals surface area contributed by atoms with Gasteiger partial charge in [-0.15, -0.1) is 0 Å². The van der Waals surface area contributed by atoms with Gasteiger partial charge >= 0.3 is 0 Å². The number of likely N-dealkylation sites (tertiary alicyclic amines) is 1. The number of hydrogen-bond acceptors (Lipinski definition) is 5. The van der Waals surface area contributed by atoms with Crippen LogP contribution in [0.3, 0.4) is 0 Å². The molecule has 27 heavy (non-hydrogen) atoms. The molecule has 1 atom stereocenters. The molecule has 1 unspecified atom stereocenters.